The topological polar surface area (TPSA) is 28.2 Å². The molecule has 2 heterocycles. The monoisotopic (exact) mass is 249 g/mol. The highest BCUT2D eigenvalue weighted by atomic mass is 35.5. The van der Waals surface area contributed by atoms with Gasteiger partial charge in [-0.05, 0) is 17.5 Å². The quantitative estimate of drug-likeness (QED) is 0.839. The first-order valence-corrected chi connectivity index (χ1v) is 5.73. The molecule has 1 N–H and O–H groups in total. The largest absolute Gasteiger partial charge is 0.368 e. The van der Waals surface area contributed by atoms with Crippen molar-refractivity contribution in [1.29, 1.82) is 0 Å². The molecule has 0 spiro atoms. The lowest BCUT2D eigenvalue weighted by Crippen LogP contribution is -2.43. The molecular weight excluding hydrogens is 234 g/mol. The Labute approximate surface area is 107 Å². The highest BCUT2D eigenvalue weighted by molar-refractivity contribution is 5.93. The fraction of sp³-hybridized carbons (Fsp3) is 0.308. The SMILES string of the molecule is Cl.c1cc(N2CCNCC2)c2cnccc2c1. The van der Waals surface area contributed by atoms with Gasteiger partial charge in [0.1, 0.15) is 0 Å². The molecule has 0 unspecified atom stereocenters. The summed E-state index contributed by atoms with van der Waals surface area (Å²) < 4.78 is 0. The van der Waals surface area contributed by atoms with Crippen LogP contribution in [0.1, 0.15) is 0 Å². The number of piperazine rings is 1. The summed E-state index contributed by atoms with van der Waals surface area (Å²) in [4.78, 5) is 6.66. The maximum atomic E-state index is 4.23. The van der Waals surface area contributed by atoms with Gasteiger partial charge >= 0.3 is 0 Å². The number of benzene rings is 1. The molecule has 0 atom stereocenters. The second-order valence-corrected chi connectivity index (χ2v) is 4.11. The third-order valence-electron chi connectivity index (χ3n) is 3.12. The van der Waals surface area contributed by atoms with Crippen molar-refractivity contribution in [3.8, 4) is 0 Å². The molecule has 1 aliphatic rings. The number of nitrogens with zero attached hydrogens (tertiary/aromatic N) is 2. The molecule has 1 aromatic carbocycles. The van der Waals surface area contributed by atoms with E-state index in [2.05, 4.69) is 39.5 Å². The van der Waals surface area contributed by atoms with Gasteiger partial charge in [0.15, 0.2) is 0 Å². The average molecular weight is 250 g/mol. The van der Waals surface area contributed by atoms with Crippen LogP contribution in [0.2, 0.25) is 0 Å². The lowest BCUT2D eigenvalue weighted by atomic mass is 10.1. The molecule has 17 heavy (non-hydrogen) atoms. The number of aromatic nitrogens is 1. The number of fused-ring (bicyclic) bond motifs is 1. The number of pyridine rings is 1. The van der Waals surface area contributed by atoms with Crippen molar-refractivity contribution in [1.82, 2.24) is 10.3 Å². The van der Waals surface area contributed by atoms with Crippen LogP contribution < -0.4 is 10.2 Å². The highest BCUT2D eigenvalue weighted by Gasteiger charge is 2.12. The zero-order valence-corrected chi connectivity index (χ0v) is 10.4. The molecule has 4 heteroatoms. The fourth-order valence-electron chi connectivity index (χ4n) is 2.28. The molecule has 0 bridgehead atoms. The summed E-state index contributed by atoms with van der Waals surface area (Å²) in [5.41, 5.74) is 1.31. The van der Waals surface area contributed by atoms with Crippen LogP contribution >= 0.6 is 12.4 Å². The van der Waals surface area contributed by atoms with Gasteiger partial charge in [-0.3, -0.25) is 4.98 Å². The molecule has 1 fully saturated rings. The molecule has 0 amide bonds. The number of hydrogen-bond acceptors (Lipinski definition) is 3. The zero-order chi connectivity index (χ0) is 10.8. The van der Waals surface area contributed by atoms with E-state index in [1.807, 2.05) is 12.4 Å². The van der Waals surface area contributed by atoms with Crippen LogP contribution in [0.4, 0.5) is 5.69 Å². The Morgan fingerprint density at radius 2 is 1.94 bits per heavy atom. The standard InChI is InChI=1S/C13H15N3.ClH/c1-2-11-4-5-15-10-12(11)13(3-1)16-8-6-14-7-9-16;/h1-5,10,14H,6-9H2;1H. The van der Waals surface area contributed by atoms with Gasteiger partial charge in [-0.1, -0.05) is 12.1 Å². The molecule has 0 radical (unpaired) electrons. The van der Waals surface area contributed by atoms with Crippen molar-refractivity contribution >= 4 is 28.9 Å². The summed E-state index contributed by atoms with van der Waals surface area (Å²) in [7, 11) is 0. The van der Waals surface area contributed by atoms with Crippen molar-refractivity contribution in [2.75, 3.05) is 31.1 Å². The summed E-state index contributed by atoms with van der Waals surface area (Å²) in [5, 5.41) is 5.90. The molecule has 1 aromatic heterocycles. The van der Waals surface area contributed by atoms with Crippen molar-refractivity contribution in [3.05, 3.63) is 36.7 Å². The average Bonchev–Trinajstić information content (AvgIpc) is 2.39. The van der Waals surface area contributed by atoms with E-state index in [1.54, 1.807) is 0 Å². The van der Waals surface area contributed by atoms with Gasteiger partial charge < -0.3 is 10.2 Å². The van der Waals surface area contributed by atoms with Crippen LogP contribution in [0.3, 0.4) is 0 Å². The second kappa shape index (κ2) is 5.34. The maximum Gasteiger partial charge on any atom is 0.0462 e. The van der Waals surface area contributed by atoms with E-state index in [0.29, 0.717) is 0 Å². The smallest absolute Gasteiger partial charge is 0.0462 e. The number of hydrogen-bond donors (Lipinski definition) is 1. The Hall–Kier alpha value is -1.32. The maximum absolute atomic E-state index is 4.23. The number of rotatable bonds is 1. The minimum atomic E-state index is 0. The van der Waals surface area contributed by atoms with E-state index in [9.17, 15) is 0 Å². The summed E-state index contributed by atoms with van der Waals surface area (Å²) in [6, 6.07) is 8.53. The molecule has 1 aliphatic heterocycles. The zero-order valence-electron chi connectivity index (χ0n) is 9.60. The lowest BCUT2D eigenvalue weighted by molar-refractivity contribution is 0.590. The summed E-state index contributed by atoms with van der Waals surface area (Å²) >= 11 is 0. The molecular formula is C13H16ClN3. The predicted octanol–water partition coefficient (Wildman–Crippen LogP) is 2.07. The van der Waals surface area contributed by atoms with Crippen LogP contribution in [-0.4, -0.2) is 31.2 Å². The first kappa shape index (κ1) is 12.1. The van der Waals surface area contributed by atoms with Gasteiger partial charge in [0.25, 0.3) is 0 Å². The number of nitrogens with one attached hydrogen (secondary N) is 1. The van der Waals surface area contributed by atoms with E-state index < -0.39 is 0 Å². The molecule has 0 aliphatic carbocycles. The second-order valence-electron chi connectivity index (χ2n) is 4.11. The van der Waals surface area contributed by atoms with E-state index >= 15 is 0 Å². The van der Waals surface area contributed by atoms with Crippen molar-refractivity contribution < 1.29 is 0 Å². The highest BCUT2D eigenvalue weighted by Crippen LogP contribution is 2.25. The molecule has 3 rings (SSSR count). The van der Waals surface area contributed by atoms with Crippen molar-refractivity contribution in [3.63, 3.8) is 0 Å². The van der Waals surface area contributed by atoms with Gasteiger partial charge in [0.2, 0.25) is 0 Å². The van der Waals surface area contributed by atoms with Gasteiger partial charge in [0.05, 0.1) is 0 Å². The number of halogens is 1. The van der Waals surface area contributed by atoms with Crippen LogP contribution in [0, 0.1) is 0 Å². The van der Waals surface area contributed by atoms with Crippen molar-refractivity contribution in [2.24, 2.45) is 0 Å². The molecule has 3 nitrogen and oxygen atoms in total. The van der Waals surface area contributed by atoms with Crippen LogP contribution in [-0.2, 0) is 0 Å². The molecule has 0 saturated carbocycles. The molecule has 2 aromatic rings. The third-order valence-corrected chi connectivity index (χ3v) is 3.12. The summed E-state index contributed by atoms with van der Waals surface area (Å²) in [5.74, 6) is 0. The van der Waals surface area contributed by atoms with Crippen LogP contribution in [0.25, 0.3) is 10.8 Å². The van der Waals surface area contributed by atoms with E-state index in [1.165, 1.54) is 16.5 Å². The minimum Gasteiger partial charge on any atom is -0.368 e. The summed E-state index contributed by atoms with van der Waals surface area (Å²) in [6.07, 6.45) is 3.82. The Bertz CT molecular complexity index is 489. The van der Waals surface area contributed by atoms with Gasteiger partial charge in [-0.2, -0.15) is 0 Å². The Balaban J connectivity index is 0.00000108. The minimum absolute atomic E-state index is 0. The fourth-order valence-corrected chi connectivity index (χ4v) is 2.28. The van der Waals surface area contributed by atoms with Crippen LogP contribution in [0.15, 0.2) is 36.7 Å². The van der Waals surface area contributed by atoms with E-state index in [4.69, 9.17) is 0 Å². The van der Waals surface area contributed by atoms with Gasteiger partial charge in [-0.25, -0.2) is 0 Å². The van der Waals surface area contributed by atoms with Crippen molar-refractivity contribution in [2.45, 2.75) is 0 Å². The van der Waals surface area contributed by atoms with E-state index in [-0.39, 0.29) is 12.4 Å². The molecule has 90 valence electrons. The third kappa shape index (κ3) is 2.35. The predicted molar refractivity (Wildman–Crippen MR) is 74.1 cm³/mol. The Morgan fingerprint density at radius 1 is 1.12 bits per heavy atom. The summed E-state index contributed by atoms with van der Waals surface area (Å²) in [6.45, 7) is 4.29. The first-order chi connectivity index (χ1) is 7.95. The van der Waals surface area contributed by atoms with Gasteiger partial charge in [-0.15, -0.1) is 12.4 Å². The number of anilines is 1. The van der Waals surface area contributed by atoms with E-state index in [0.717, 1.165) is 26.2 Å². The van der Waals surface area contributed by atoms with Gasteiger partial charge in [0, 0.05) is 49.6 Å². The molecule has 1 saturated heterocycles. The lowest BCUT2D eigenvalue weighted by Gasteiger charge is -2.30. The Kier molecular flexibility index (Phi) is 3.82. The Morgan fingerprint density at radius 3 is 2.76 bits per heavy atom. The normalized spacial score (nSPS) is 15.6. The van der Waals surface area contributed by atoms with Crippen LogP contribution in [0.5, 0.6) is 0 Å². The first-order valence-electron chi connectivity index (χ1n) is 5.73.